The molecule has 2 aromatic rings. The van der Waals surface area contributed by atoms with Crippen LogP contribution in [0.3, 0.4) is 0 Å². The zero-order valence-corrected chi connectivity index (χ0v) is 11.4. The van der Waals surface area contributed by atoms with E-state index in [4.69, 9.17) is 0 Å². The van der Waals surface area contributed by atoms with Gasteiger partial charge in [0.1, 0.15) is 4.60 Å². The molecule has 0 bridgehead atoms. The molecule has 2 aromatic heterocycles. The highest BCUT2D eigenvalue weighted by molar-refractivity contribution is 9.10. The lowest BCUT2D eigenvalue weighted by Gasteiger charge is -2.17. The van der Waals surface area contributed by atoms with E-state index < -0.39 is 5.60 Å². The van der Waals surface area contributed by atoms with Gasteiger partial charge in [0.2, 0.25) is 0 Å². The van der Waals surface area contributed by atoms with Gasteiger partial charge in [-0.2, -0.15) is 0 Å². The van der Waals surface area contributed by atoms with Crippen molar-refractivity contribution in [1.82, 2.24) is 19.7 Å². The van der Waals surface area contributed by atoms with Gasteiger partial charge in [0.25, 0.3) is 0 Å². The average Bonchev–Trinajstić information content (AvgIpc) is 2.59. The van der Waals surface area contributed by atoms with Gasteiger partial charge in [-0.1, -0.05) is 0 Å². The Balaban J connectivity index is 2.11. The normalized spacial score (nSPS) is 12.2. The Bertz CT molecular complexity index is 518. The second kappa shape index (κ2) is 4.72. The molecular weight excluding hydrogens is 284 g/mol. The number of imidazole rings is 1. The van der Waals surface area contributed by atoms with Crippen molar-refractivity contribution in [3.63, 3.8) is 0 Å². The van der Waals surface area contributed by atoms with Gasteiger partial charge in [0.15, 0.2) is 5.65 Å². The Morgan fingerprint density at radius 3 is 2.88 bits per heavy atom. The topological polar surface area (TPSA) is 62.5 Å². The highest BCUT2D eigenvalue weighted by Crippen LogP contribution is 2.10. The van der Waals surface area contributed by atoms with E-state index in [1.807, 2.05) is 10.6 Å². The van der Waals surface area contributed by atoms with Gasteiger partial charge in [-0.15, -0.1) is 0 Å². The van der Waals surface area contributed by atoms with Crippen molar-refractivity contribution < 1.29 is 5.11 Å². The lowest BCUT2D eigenvalue weighted by atomic mass is 10.1. The van der Waals surface area contributed by atoms with Gasteiger partial charge in [0, 0.05) is 19.3 Å². The second-order valence-electron chi connectivity index (χ2n) is 4.60. The van der Waals surface area contributed by atoms with Crippen molar-refractivity contribution in [2.75, 3.05) is 6.54 Å². The fourth-order valence-corrected chi connectivity index (χ4v) is 1.85. The van der Waals surface area contributed by atoms with Crippen LogP contribution in [0.4, 0.5) is 0 Å². The van der Waals surface area contributed by atoms with Crippen LogP contribution < -0.4 is 5.32 Å². The minimum atomic E-state index is -0.706. The van der Waals surface area contributed by atoms with Crippen LogP contribution in [-0.4, -0.2) is 31.6 Å². The summed E-state index contributed by atoms with van der Waals surface area (Å²) in [7, 11) is 0. The van der Waals surface area contributed by atoms with Crippen LogP contribution in [-0.2, 0) is 6.54 Å². The minimum absolute atomic E-state index is 0.534. The number of hydrogen-bond acceptors (Lipinski definition) is 4. The fourth-order valence-electron chi connectivity index (χ4n) is 1.54. The first kappa shape index (κ1) is 12.5. The Morgan fingerprint density at radius 1 is 1.41 bits per heavy atom. The molecule has 0 amide bonds. The smallest absolute Gasteiger partial charge is 0.155 e. The van der Waals surface area contributed by atoms with E-state index >= 15 is 0 Å². The number of rotatable bonds is 4. The molecule has 0 radical (unpaired) electrons. The van der Waals surface area contributed by atoms with E-state index in [1.165, 1.54) is 0 Å². The van der Waals surface area contributed by atoms with Gasteiger partial charge in [-0.25, -0.2) is 9.97 Å². The average molecular weight is 299 g/mol. The third kappa shape index (κ3) is 3.24. The van der Waals surface area contributed by atoms with Gasteiger partial charge < -0.3 is 10.4 Å². The number of nitrogens with one attached hydrogen (secondary N) is 1. The van der Waals surface area contributed by atoms with Crippen LogP contribution >= 0.6 is 15.9 Å². The highest BCUT2D eigenvalue weighted by Gasteiger charge is 2.12. The standard InChI is InChI=1S/C11H15BrN4O/c1-11(2,17)7-13-3-8-4-15-10-5-14-9(12)6-16(8)10/h4-6,13,17H,3,7H2,1-2H3. The number of hydrogen-bond donors (Lipinski definition) is 2. The molecule has 0 unspecified atom stereocenters. The van der Waals surface area contributed by atoms with E-state index in [9.17, 15) is 5.11 Å². The van der Waals surface area contributed by atoms with Crippen LogP contribution in [0.1, 0.15) is 19.5 Å². The van der Waals surface area contributed by atoms with Crippen LogP contribution in [0.5, 0.6) is 0 Å². The molecule has 0 aliphatic carbocycles. The third-order valence-electron chi connectivity index (χ3n) is 2.30. The molecule has 0 saturated carbocycles. The van der Waals surface area contributed by atoms with Gasteiger partial charge in [0.05, 0.1) is 23.7 Å². The predicted molar refractivity (Wildman–Crippen MR) is 68.7 cm³/mol. The summed E-state index contributed by atoms with van der Waals surface area (Å²) in [6.45, 7) is 4.73. The Labute approximate surface area is 108 Å². The van der Waals surface area contributed by atoms with Crippen molar-refractivity contribution in [2.24, 2.45) is 0 Å². The third-order valence-corrected chi connectivity index (χ3v) is 2.71. The van der Waals surface area contributed by atoms with Crippen molar-refractivity contribution in [3.05, 3.63) is 28.9 Å². The second-order valence-corrected chi connectivity index (χ2v) is 5.42. The molecule has 2 rings (SSSR count). The van der Waals surface area contributed by atoms with E-state index in [1.54, 1.807) is 26.2 Å². The maximum absolute atomic E-state index is 9.60. The van der Waals surface area contributed by atoms with Crippen molar-refractivity contribution in [2.45, 2.75) is 26.0 Å². The zero-order chi connectivity index (χ0) is 12.5. The molecule has 2 heterocycles. The van der Waals surface area contributed by atoms with E-state index in [2.05, 4.69) is 31.2 Å². The summed E-state index contributed by atoms with van der Waals surface area (Å²) in [6, 6.07) is 0. The summed E-state index contributed by atoms with van der Waals surface area (Å²) in [5, 5.41) is 12.8. The maximum Gasteiger partial charge on any atom is 0.155 e. The summed E-state index contributed by atoms with van der Waals surface area (Å²) in [4.78, 5) is 8.37. The van der Waals surface area contributed by atoms with Crippen molar-refractivity contribution in [3.8, 4) is 0 Å². The first-order chi connectivity index (χ1) is 7.96. The minimum Gasteiger partial charge on any atom is -0.389 e. The zero-order valence-electron chi connectivity index (χ0n) is 9.81. The van der Waals surface area contributed by atoms with Crippen molar-refractivity contribution >= 4 is 21.6 Å². The lowest BCUT2D eigenvalue weighted by molar-refractivity contribution is 0.0794. The van der Waals surface area contributed by atoms with E-state index in [0.29, 0.717) is 13.1 Å². The van der Waals surface area contributed by atoms with Crippen LogP contribution in [0.15, 0.2) is 23.2 Å². The van der Waals surface area contributed by atoms with Crippen LogP contribution in [0, 0.1) is 0 Å². The molecule has 0 spiro atoms. The molecule has 0 aliphatic rings. The van der Waals surface area contributed by atoms with E-state index in [-0.39, 0.29) is 0 Å². The molecule has 0 aromatic carbocycles. The fraction of sp³-hybridized carbons (Fsp3) is 0.455. The predicted octanol–water partition coefficient (Wildman–Crippen LogP) is 1.35. The summed E-state index contributed by atoms with van der Waals surface area (Å²) >= 11 is 3.33. The summed E-state index contributed by atoms with van der Waals surface area (Å²) in [6.07, 6.45) is 5.40. The molecular formula is C11H15BrN4O. The molecule has 0 aliphatic heterocycles. The number of aromatic nitrogens is 3. The Kier molecular flexibility index (Phi) is 3.46. The first-order valence-electron chi connectivity index (χ1n) is 5.36. The number of aliphatic hydroxyl groups is 1. The lowest BCUT2D eigenvalue weighted by Crippen LogP contribution is -2.34. The summed E-state index contributed by atoms with van der Waals surface area (Å²) in [5.41, 5.74) is 1.14. The molecule has 5 nitrogen and oxygen atoms in total. The van der Waals surface area contributed by atoms with Gasteiger partial charge >= 0.3 is 0 Å². The van der Waals surface area contributed by atoms with Gasteiger partial charge in [-0.3, -0.25) is 4.40 Å². The highest BCUT2D eigenvalue weighted by atomic mass is 79.9. The van der Waals surface area contributed by atoms with Crippen LogP contribution in [0.2, 0.25) is 0 Å². The van der Waals surface area contributed by atoms with Gasteiger partial charge in [-0.05, 0) is 29.8 Å². The molecule has 2 N–H and O–H groups in total. The number of halogens is 1. The SMILES string of the molecule is CC(C)(O)CNCc1cnc2cnc(Br)cn12. The molecule has 92 valence electrons. The molecule has 0 saturated heterocycles. The maximum atomic E-state index is 9.60. The largest absolute Gasteiger partial charge is 0.389 e. The quantitative estimate of drug-likeness (QED) is 0.894. The molecule has 6 heteroatoms. The summed E-state index contributed by atoms with van der Waals surface area (Å²) in [5.74, 6) is 0. The van der Waals surface area contributed by atoms with Crippen molar-refractivity contribution in [1.29, 1.82) is 0 Å². The molecule has 0 atom stereocenters. The molecule has 0 fully saturated rings. The monoisotopic (exact) mass is 298 g/mol. The Morgan fingerprint density at radius 2 is 2.18 bits per heavy atom. The summed E-state index contributed by atoms with van der Waals surface area (Å²) < 4.78 is 2.74. The number of fused-ring (bicyclic) bond motifs is 1. The first-order valence-corrected chi connectivity index (χ1v) is 6.15. The number of nitrogens with zero attached hydrogens (tertiary/aromatic N) is 3. The molecule has 17 heavy (non-hydrogen) atoms. The van der Waals surface area contributed by atoms with E-state index in [0.717, 1.165) is 15.9 Å². The van der Waals surface area contributed by atoms with Crippen LogP contribution in [0.25, 0.3) is 5.65 Å². The Hall–Kier alpha value is -0.980.